The maximum atomic E-state index is 12.1. The molecule has 0 aliphatic carbocycles. The zero-order valence-corrected chi connectivity index (χ0v) is 10.9. The van der Waals surface area contributed by atoms with Crippen LogP contribution in [0.15, 0.2) is 42.6 Å². The molecule has 0 spiro atoms. The number of aromatic nitrogens is 1. The van der Waals surface area contributed by atoms with Gasteiger partial charge in [0.05, 0.1) is 5.69 Å². The minimum absolute atomic E-state index is 0.205. The average molecular weight is 256 g/mol. The van der Waals surface area contributed by atoms with Crippen LogP contribution >= 0.6 is 0 Å². The number of carbonyl (C=O) groups excluding carboxylic acids is 1. The lowest BCUT2D eigenvalue weighted by molar-refractivity contribution is 0.102. The van der Waals surface area contributed by atoms with Crippen LogP contribution in [0, 0.1) is 0 Å². The lowest BCUT2D eigenvalue weighted by atomic mass is 10.2. The summed E-state index contributed by atoms with van der Waals surface area (Å²) >= 11 is 0. The molecule has 5 nitrogen and oxygen atoms in total. The van der Waals surface area contributed by atoms with Crippen LogP contribution in [0.4, 0.5) is 17.2 Å². The third kappa shape index (κ3) is 3.01. The largest absolute Gasteiger partial charge is 0.399 e. The summed E-state index contributed by atoms with van der Waals surface area (Å²) in [6.45, 7) is 0. The van der Waals surface area contributed by atoms with Crippen LogP contribution in [-0.4, -0.2) is 25.0 Å². The van der Waals surface area contributed by atoms with Gasteiger partial charge in [-0.15, -0.1) is 0 Å². The summed E-state index contributed by atoms with van der Waals surface area (Å²) in [5.74, 6) is 0.503. The number of amides is 1. The third-order valence-corrected chi connectivity index (χ3v) is 2.61. The fourth-order valence-corrected chi connectivity index (χ4v) is 1.73. The zero-order chi connectivity index (χ0) is 13.8. The summed E-state index contributed by atoms with van der Waals surface area (Å²) in [6, 6.07) is 10.4. The van der Waals surface area contributed by atoms with Crippen LogP contribution in [0.3, 0.4) is 0 Å². The first kappa shape index (κ1) is 12.9. The van der Waals surface area contributed by atoms with Crippen LogP contribution in [0.2, 0.25) is 0 Å². The highest BCUT2D eigenvalue weighted by molar-refractivity contribution is 6.06. The Kier molecular flexibility index (Phi) is 3.66. The molecular weight excluding hydrogens is 240 g/mol. The van der Waals surface area contributed by atoms with Gasteiger partial charge >= 0.3 is 0 Å². The number of hydrogen-bond acceptors (Lipinski definition) is 4. The number of nitrogens with zero attached hydrogens (tertiary/aromatic N) is 2. The molecule has 2 rings (SSSR count). The molecule has 0 saturated heterocycles. The molecule has 1 aromatic carbocycles. The molecule has 0 bridgehead atoms. The van der Waals surface area contributed by atoms with E-state index in [0.717, 1.165) is 0 Å². The number of hydrogen-bond donors (Lipinski definition) is 2. The molecule has 0 unspecified atom stereocenters. The topological polar surface area (TPSA) is 71.2 Å². The quantitative estimate of drug-likeness (QED) is 0.824. The Hall–Kier alpha value is -2.56. The molecule has 98 valence electrons. The van der Waals surface area contributed by atoms with Crippen molar-refractivity contribution in [2.75, 3.05) is 30.0 Å². The van der Waals surface area contributed by atoms with Crippen molar-refractivity contribution < 1.29 is 4.79 Å². The summed E-state index contributed by atoms with van der Waals surface area (Å²) < 4.78 is 0. The Labute approximate surface area is 112 Å². The van der Waals surface area contributed by atoms with Gasteiger partial charge in [0.1, 0.15) is 0 Å². The van der Waals surface area contributed by atoms with Gasteiger partial charge in [0.25, 0.3) is 5.91 Å². The molecule has 5 heteroatoms. The molecule has 0 aliphatic heterocycles. The maximum absolute atomic E-state index is 12.1. The second-order valence-corrected chi connectivity index (χ2v) is 4.35. The highest BCUT2D eigenvalue weighted by Crippen LogP contribution is 2.21. The molecule has 0 saturated carbocycles. The Balaban J connectivity index is 2.24. The van der Waals surface area contributed by atoms with Crippen LogP contribution in [0.1, 0.15) is 10.4 Å². The van der Waals surface area contributed by atoms with Crippen molar-refractivity contribution in [3.63, 3.8) is 0 Å². The summed E-state index contributed by atoms with van der Waals surface area (Å²) in [4.78, 5) is 18.2. The number of carbonyl (C=O) groups is 1. The molecule has 2 aromatic rings. The van der Waals surface area contributed by atoms with Crippen molar-refractivity contribution in [2.45, 2.75) is 0 Å². The molecule has 1 amide bonds. The van der Waals surface area contributed by atoms with Crippen molar-refractivity contribution in [2.24, 2.45) is 0 Å². The van der Waals surface area contributed by atoms with E-state index in [4.69, 9.17) is 5.73 Å². The van der Waals surface area contributed by atoms with Gasteiger partial charge in [0, 0.05) is 31.5 Å². The van der Waals surface area contributed by atoms with Gasteiger partial charge in [0.15, 0.2) is 5.82 Å². The van der Waals surface area contributed by atoms with Gasteiger partial charge < -0.3 is 16.0 Å². The van der Waals surface area contributed by atoms with Crippen LogP contribution < -0.4 is 16.0 Å². The van der Waals surface area contributed by atoms with Gasteiger partial charge in [-0.2, -0.15) is 0 Å². The average Bonchev–Trinajstić information content (AvgIpc) is 2.39. The van der Waals surface area contributed by atoms with Crippen molar-refractivity contribution in [3.8, 4) is 0 Å². The van der Waals surface area contributed by atoms with Gasteiger partial charge in [-0.05, 0) is 30.3 Å². The van der Waals surface area contributed by atoms with E-state index in [2.05, 4.69) is 10.3 Å². The molecule has 19 heavy (non-hydrogen) atoms. The summed E-state index contributed by atoms with van der Waals surface area (Å²) in [7, 11) is 3.75. The number of rotatable bonds is 3. The standard InChI is InChI=1S/C14H16N4O/c1-18(2)13-12(7-4-8-16-13)17-14(19)10-5-3-6-11(15)9-10/h3-9H,15H2,1-2H3,(H,17,19). The van der Waals surface area contributed by atoms with Crippen molar-refractivity contribution >= 4 is 23.1 Å². The molecule has 1 heterocycles. The molecule has 0 atom stereocenters. The lowest BCUT2D eigenvalue weighted by Crippen LogP contribution is -2.17. The van der Waals surface area contributed by atoms with Gasteiger partial charge in [-0.25, -0.2) is 4.98 Å². The van der Waals surface area contributed by atoms with E-state index in [1.54, 1.807) is 36.5 Å². The maximum Gasteiger partial charge on any atom is 0.255 e. The zero-order valence-electron chi connectivity index (χ0n) is 10.9. The Morgan fingerprint density at radius 3 is 2.74 bits per heavy atom. The molecule has 0 aliphatic rings. The number of nitrogen functional groups attached to an aromatic ring is 1. The SMILES string of the molecule is CN(C)c1ncccc1NC(=O)c1cccc(N)c1. The van der Waals surface area contributed by atoms with Crippen LogP contribution in [-0.2, 0) is 0 Å². The summed E-state index contributed by atoms with van der Waals surface area (Å²) in [6.07, 6.45) is 1.69. The van der Waals surface area contributed by atoms with Gasteiger partial charge in [0.2, 0.25) is 0 Å². The highest BCUT2D eigenvalue weighted by Gasteiger charge is 2.10. The fraction of sp³-hybridized carbons (Fsp3) is 0.143. The van der Waals surface area contributed by atoms with E-state index in [1.807, 2.05) is 25.1 Å². The van der Waals surface area contributed by atoms with Crippen LogP contribution in [0.5, 0.6) is 0 Å². The first-order chi connectivity index (χ1) is 9.08. The number of nitrogens with two attached hydrogens (primary N) is 1. The van der Waals surface area contributed by atoms with Crippen molar-refractivity contribution in [1.82, 2.24) is 4.98 Å². The van der Waals surface area contributed by atoms with E-state index in [9.17, 15) is 4.79 Å². The first-order valence-electron chi connectivity index (χ1n) is 5.87. The molecular formula is C14H16N4O. The van der Waals surface area contributed by atoms with Crippen molar-refractivity contribution in [3.05, 3.63) is 48.2 Å². The van der Waals surface area contributed by atoms with Gasteiger partial charge in [-0.3, -0.25) is 4.79 Å². The Morgan fingerprint density at radius 2 is 2.05 bits per heavy atom. The van der Waals surface area contributed by atoms with E-state index in [-0.39, 0.29) is 5.91 Å². The predicted molar refractivity (Wildman–Crippen MR) is 77.4 cm³/mol. The molecule has 0 fully saturated rings. The third-order valence-electron chi connectivity index (χ3n) is 2.61. The van der Waals surface area contributed by atoms with Crippen molar-refractivity contribution in [1.29, 1.82) is 0 Å². The summed E-state index contributed by atoms with van der Waals surface area (Å²) in [5, 5.41) is 2.84. The van der Waals surface area contributed by atoms with E-state index in [1.165, 1.54) is 0 Å². The Bertz CT molecular complexity index is 596. The van der Waals surface area contributed by atoms with E-state index < -0.39 is 0 Å². The van der Waals surface area contributed by atoms with E-state index in [0.29, 0.717) is 22.8 Å². The molecule has 3 N–H and O–H groups in total. The predicted octanol–water partition coefficient (Wildman–Crippen LogP) is 1.98. The Morgan fingerprint density at radius 1 is 1.26 bits per heavy atom. The smallest absolute Gasteiger partial charge is 0.255 e. The number of anilines is 3. The monoisotopic (exact) mass is 256 g/mol. The first-order valence-corrected chi connectivity index (χ1v) is 5.87. The highest BCUT2D eigenvalue weighted by atomic mass is 16.1. The molecule has 1 aromatic heterocycles. The number of nitrogens with one attached hydrogen (secondary N) is 1. The molecule has 0 radical (unpaired) electrons. The van der Waals surface area contributed by atoms with Gasteiger partial charge in [-0.1, -0.05) is 6.07 Å². The minimum atomic E-state index is -0.205. The second-order valence-electron chi connectivity index (χ2n) is 4.35. The van der Waals surface area contributed by atoms with Crippen LogP contribution in [0.25, 0.3) is 0 Å². The minimum Gasteiger partial charge on any atom is -0.399 e. The number of pyridine rings is 1. The number of benzene rings is 1. The normalized spacial score (nSPS) is 10.0. The van der Waals surface area contributed by atoms with E-state index >= 15 is 0 Å². The fourth-order valence-electron chi connectivity index (χ4n) is 1.73. The lowest BCUT2D eigenvalue weighted by Gasteiger charge is -2.16. The summed E-state index contributed by atoms with van der Waals surface area (Å²) in [5.41, 5.74) is 7.42. The second kappa shape index (κ2) is 5.39.